The van der Waals surface area contributed by atoms with Gasteiger partial charge in [0.1, 0.15) is 0 Å². The number of hydrogen-bond acceptors (Lipinski definition) is 1. The van der Waals surface area contributed by atoms with Crippen molar-refractivity contribution in [3.8, 4) is 0 Å². The van der Waals surface area contributed by atoms with Crippen LogP contribution in [0.4, 0.5) is 0 Å². The Labute approximate surface area is 72.2 Å². The molecule has 0 radical (unpaired) electrons. The Morgan fingerprint density at radius 1 is 1.55 bits per heavy atom. The predicted octanol–water partition coefficient (Wildman–Crippen LogP) is 1.65. The van der Waals surface area contributed by atoms with Crippen molar-refractivity contribution in [3.63, 3.8) is 0 Å². The summed E-state index contributed by atoms with van der Waals surface area (Å²) in [4.78, 5) is 0.00597. The molecule has 1 aromatic rings. The zero-order chi connectivity index (χ0) is 8.65. The van der Waals surface area contributed by atoms with Gasteiger partial charge >= 0.3 is 0 Å². The van der Waals surface area contributed by atoms with Gasteiger partial charge in [-0.1, -0.05) is 0 Å². The Bertz CT molecular complexity index is 240. The molecule has 0 saturated heterocycles. The molecule has 0 N–H and O–H groups in total. The van der Waals surface area contributed by atoms with Crippen LogP contribution in [0.3, 0.4) is 0 Å². The zero-order valence-corrected chi connectivity index (χ0v) is 9.44. The Hall–Kier alpha value is 0.0700. The highest BCUT2D eigenvalue weighted by Crippen LogP contribution is 2.36. The van der Waals surface area contributed by atoms with Crippen molar-refractivity contribution in [1.82, 2.24) is 9.78 Å². The summed E-state index contributed by atoms with van der Waals surface area (Å²) in [5.41, 5.74) is 2.28. The average Bonchev–Trinajstić information content (AvgIpc) is 2.11. The maximum atomic E-state index is 4.36. The monoisotopic (exact) mass is 188 g/mol. The van der Waals surface area contributed by atoms with Gasteiger partial charge in [-0.3, -0.25) is 4.68 Å². The molecule has 0 aliphatic carbocycles. The standard InChI is InChI=1S/C7H14N2P2/c1-5-4-6(7(2,10)11)8-9(5)3/h4H,10-11H2,1-3H3. The van der Waals surface area contributed by atoms with E-state index >= 15 is 0 Å². The van der Waals surface area contributed by atoms with Crippen molar-refractivity contribution in [2.45, 2.75) is 18.7 Å². The molecule has 2 nitrogen and oxygen atoms in total. The first-order valence-electron chi connectivity index (χ1n) is 3.50. The molecular formula is C7H14N2P2. The van der Waals surface area contributed by atoms with Crippen molar-refractivity contribution in [3.05, 3.63) is 17.5 Å². The van der Waals surface area contributed by atoms with Crippen molar-refractivity contribution < 1.29 is 0 Å². The molecule has 0 aliphatic rings. The van der Waals surface area contributed by atoms with Gasteiger partial charge in [-0.25, -0.2) is 0 Å². The van der Waals surface area contributed by atoms with Gasteiger partial charge in [0.05, 0.1) is 5.69 Å². The number of rotatable bonds is 1. The quantitative estimate of drug-likeness (QED) is 0.613. The summed E-state index contributed by atoms with van der Waals surface area (Å²) in [6.07, 6.45) is 0. The molecule has 11 heavy (non-hydrogen) atoms. The third kappa shape index (κ3) is 2.01. The van der Waals surface area contributed by atoms with Gasteiger partial charge in [-0.15, -0.1) is 18.5 Å². The van der Waals surface area contributed by atoms with E-state index in [-0.39, 0.29) is 4.90 Å². The summed E-state index contributed by atoms with van der Waals surface area (Å²) in [5, 5.41) is 4.36. The second kappa shape index (κ2) is 2.84. The molecule has 0 fully saturated rings. The summed E-state index contributed by atoms with van der Waals surface area (Å²) < 4.78 is 1.89. The summed E-state index contributed by atoms with van der Waals surface area (Å²) in [6.45, 7) is 4.15. The molecule has 0 bridgehead atoms. The van der Waals surface area contributed by atoms with Crippen LogP contribution >= 0.6 is 18.5 Å². The minimum Gasteiger partial charge on any atom is -0.273 e. The van der Waals surface area contributed by atoms with Crippen LogP contribution in [-0.2, 0) is 11.9 Å². The van der Waals surface area contributed by atoms with E-state index in [9.17, 15) is 0 Å². The van der Waals surface area contributed by atoms with Gasteiger partial charge in [-0.05, 0) is 19.9 Å². The predicted molar refractivity (Wildman–Crippen MR) is 54.7 cm³/mol. The Morgan fingerprint density at radius 2 is 2.09 bits per heavy atom. The molecule has 1 rings (SSSR count). The number of aromatic nitrogens is 2. The SMILES string of the molecule is Cc1cc(C(C)(P)P)nn1C. The fourth-order valence-electron chi connectivity index (χ4n) is 0.824. The van der Waals surface area contributed by atoms with Crippen LogP contribution in [0.1, 0.15) is 18.3 Å². The first-order valence-corrected chi connectivity index (χ1v) is 4.65. The van der Waals surface area contributed by atoms with E-state index in [0.717, 1.165) is 5.69 Å². The van der Waals surface area contributed by atoms with Gasteiger partial charge in [0, 0.05) is 17.6 Å². The topological polar surface area (TPSA) is 17.8 Å². The molecule has 0 saturated carbocycles. The average molecular weight is 188 g/mol. The summed E-state index contributed by atoms with van der Waals surface area (Å²) >= 11 is 0. The van der Waals surface area contributed by atoms with Crippen LogP contribution in [0.15, 0.2) is 6.07 Å². The number of aryl methyl sites for hydroxylation is 2. The zero-order valence-electron chi connectivity index (χ0n) is 7.13. The van der Waals surface area contributed by atoms with E-state index in [1.54, 1.807) is 0 Å². The second-order valence-corrected chi connectivity index (χ2v) is 6.14. The van der Waals surface area contributed by atoms with E-state index < -0.39 is 0 Å². The lowest BCUT2D eigenvalue weighted by molar-refractivity contribution is 0.715. The van der Waals surface area contributed by atoms with Crippen LogP contribution < -0.4 is 0 Å². The molecule has 4 heteroatoms. The van der Waals surface area contributed by atoms with Gasteiger partial charge in [0.25, 0.3) is 0 Å². The largest absolute Gasteiger partial charge is 0.273 e. The third-order valence-electron chi connectivity index (χ3n) is 1.67. The molecule has 0 aliphatic heterocycles. The van der Waals surface area contributed by atoms with E-state index in [4.69, 9.17) is 0 Å². The fraction of sp³-hybridized carbons (Fsp3) is 0.571. The fourth-order valence-corrected chi connectivity index (χ4v) is 1.11. The highest BCUT2D eigenvalue weighted by atomic mass is 31.1. The van der Waals surface area contributed by atoms with Gasteiger partial charge in [0.2, 0.25) is 0 Å². The van der Waals surface area contributed by atoms with Crippen molar-refractivity contribution in [1.29, 1.82) is 0 Å². The van der Waals surface area contributed by atoms with Crippen LogP contribution in [0.5, 0.6) is 0 Å². The third-order valence-corrected chi connectivity index (χ3v) is 2.26. The molecule has 1 aromatic heterocycles. The summed E-state index contributed by atoms with van der Waals surface area (Å²) in [6, 6.07) is 2.10. The van der Waals surface area contributed by atoms with Crippen LogP contribution in [-0.4, -0.2) is 9.78 Å². The molecule has 62 valence electrons. The molecule has 0 amide bonds. The molecule has 2 unspecified atom stereocenters. The summed E-state index contributed by atoms with van der Waals surface area (Å²) in [7, 11) is 7.46. The molecule has 0 spiro atoms. The highest BCUT2D eigenvalue weighted by molar-refractivity contribution is 7.38. The maximum absolute atomic E-state index is 4.36. The number of hydrogen-bond donors (Lipinski definition) is 0. The van der Waals surface area contributed by atoms with Crippen molar-refractivity contribution >= 4 is 18.5 Å². The molecule has 1 heterocycles. The van der Waals surface area contributed by atoms with Gasteiger partial charge < -0.3 is 0 Å². The smallest absolute Gasteiger partial charge is 0.0760 e. The van der Waals surface area contributed by atoms with E-state index in [2.05, 4.69) is 43.5 Å². The lowest BCUT2D eigenvalue weighted by Gasteiger charge is -2.13. The Kier molecular flexibility index (Phi) is 2.37. The first-order chi connectivity index (χ1) is 4.91. The van der Waals surface area contributed by atoms with Crippen molar-refractivity contribution in [2.24, 2.45) is 7.05 Å². The molecular weight excluding hydrogens is 174 g/mol. The lowest BCUT2D eigenvalue weighted by Crippen LogP contribution is -2.03. The normalized spacial score (nSPS) is 12.1. The lowest BCUT2D eigenvalue weighted by atomic mass is 10.3. The van der Waals surface area contributed by atoms with E-state index in [1.807, 2.05) is 11.7 Å². The maximum Gasteiger partial charge on any atom is 0.0760 e. The van der Waals surface area contributed by atoms with Gasteiger partial charge in [0.15, 0.2) is 0 Å². The van der Waals surface area contributed by atoms with Crippen LogP contribution in [0.25, 0.3) is 0 Å². The van der Waals surface area contributed by atoms with Gasteiger partial charge in [-0.2, -0.15) is 5.10 Å². The van der Waals surface area contributed by atoms with Crippen LogP contribution in [0, 0.1) is 6.92 Å². The Balaban J connectivity index is 3.08. The minimum atomic E-state index is 0.00597. The van der Waals surface area contributed by atoms with Crippen LogP contribution in [0.2, 0.25) is 0 Å². The first kappa shape index (κ1) is 9.16. The number of nitrogens with zero attached hydrogens (tertiary/aromatic N) is 2. The molecule has 2 atom stereocenters. The Morgan fingerprint density at radius 3 is 2.27 bits per heavy atom. The van der Waals surface area contributed by atoms with Crippen molar-refractivity contribution in [2.75, 3.05) is 0 Å². The second-order valence-electron chi connectivity index (χ2n) is 3.08. The van der Waals surface area contributed by atoms with E-state index in [0.29, 0.717) is 0 Å². The molecule has 0 aromatic carbocycles. The summed E-state index contributed by atoms with van der Waals surface area (Å²) in [5.74, 6) is 0. The minimum absolute atomic E-state index is 0.00597. The highest BCUT2D eigenvalue weighted by Gasteiger charge is 2.17. The van der Waals surface area contributed by atoms with E-state index in [1.165, 1.54) is 5.69 Å².